The number of rotatable bonds is 6. The van der Waals surface area contributed by atoms with Gasteiger partial charge in [0.05, 0.1) is 6.61 Å². The first kappa shape index (κ1) is 20.9. The molecular weight excluding hydrogens is 378 g/mol. The lowest BCUT2D eigenvalue weighted by atomic mass is 9.90. The van der Waals surface area contributed by atoms with Crippen molar-refractivity contribution in [2.45, 2.75) is 41.8 Å². The highest BCUT2D eigenvalue weighted by Gasteiger charge is 2.43. The van der Waals surface area contributed by atoms with Crippen LogP contribution in [0.3, 0.4) is 0 Å². The summed E-state index contributed by atoms with van der Waals surface area (Å²) in [5.74, 6) is 0. The number of aliphatic hydroxyl groups excluding tert-OH is 4. The monoisotopic (exact) mass is 403 g/mol. The molecule has 1 saturated heterocycles. The Hall–Kier alpha value is -1.87. The van der Waals surface area contributed by atoms with Gasteiger partial charge in [0.25, 0.3) is 0 Å². The number of anilines is 1. The predicted molar refractivity (Wildman–Crippen MR) is 109 cm³/mol. The van der Waals surface area contributed by atoms with Crippen LogP contribution in [0.4, 0.5) is 5.69 Å². The molecule has 2 aromatic rings. The Morgan fingerprint density at radius 3 is 2.50 bits per heavy atom. The van der Waals surface area contributed by atoms with Gasteiger partial charge in [-0.25, -0.2) is 0 Å². The highest BCUT2D eigenvalue weighted by molar-refractivity contribution is 8.03. The van der Waals surface area contributed by atoms with E-state index in [0.717, 1.165) is 15.4 Å². The number of para-hydroxylation sites is 1. The van der Waals surface area contributed by atoms with Crippen LogP contribution in [0.25, 0.3) is 0 Å². The molecule has 0 aromatic heterocycles. The normalized spacial score (nSPS) is 27.5. The Balaban J connectivity index is 1.73. The summed E-state index contributed by atoms with van der Waals surface area (Å²) in [6, 6.07) is 15.0. The van der Waals surface area contributed by atoms with Gasteiger partial charge in [-0.15, -0.1) is 0 Å². The largest absolute Gasteiger partial charge is 0.398 e. The first-order chi connectivity index (χ1) is 13.4. The molecule has 1 heterocycles. The molecule has 0 radical (unpaired) electrons. The summed E-state index contributed by atoms with van der Waals surface area (Å²) in [6.07, 6.45) is -5.25. The van der Waals surface area contributed by atoms with E-state index in [2.05, 4.69) is 6.58 Å². The zero-order valence-corrected chi connectivity index (χ0v) is 16.1. The number of thioether (sulfide) groups is 1. The van der Waals surface area contributed by atoms with E-state index in [9.17, 15) is 20.4 Å². The molecule has 150 valence electrons. The van der Waals surface area contributed by atoms with Crippen LogP contribution in [-0.2, 0) is 11.2 Å². The van der Waals surface area contributed by atoms with Gasteiger partial charge in [-0.05, 0) is 28.2 Å². The highest BCUT2D eigenvalue weighted by Crippen LogP contribution is 2.35. The number of nitrogens with two attached hydrogens (primary N) is 1. The van der Waals surface area contributed by atoms with Crippen molar-refractivity contribution in [2.24, 2.45) is 0 Å². The molecule has 0 saturated carbocycles. The summed E-state index contributed by atoms with van der Waals surface area (Å²) in [4.78, 5) is 1.85. The van der Waals surface area contributed by atoms with Crippen LogP contribution in [-0.4, -0.2) is 51.4 Å². The molecule has 0 bridgehead atoms. The summed E-state index contributed by atoms with van der Waals surface area (Å²) >= 11 is 1.51. The van der Waals surface area contributed by atoms with Gasteiger partial charge in [-0.3, -0.25) is 0 Å². The number of allylic oxidation sites excluding steroid dienone is 1. The van der Waals surface area contributed by atoms with E-state index in [0.29, 0.717) is 17.7 Å². The maximum atomic E-state index is 10.3. The fraction of sp³-hybridized carbons (Fsp3) is 0.333. The van der Waals surface area contributed by atoms with Crippen LogP contribution in [0, 0.1) is 0 Å². The summed E-state index contributed by atoms with van der Waals surface area (Å²) in [6.45, 7) is 3.66. The second-order valence-electron chi connectivity index (χ2n) is 6.85. The van der Waals surface area contributed by atoms with Crippen molar-refractivity contribution in [3.63, 3.8) is 0 Å². The molecule has 5 atom stereocenters. The van der Waals surface area contributed by atoms with Crippen molar-refractivity contribution in [3.05, 3.63) is 71.1 Å². The molecule has 28 heavy (non-hydrogen) atoms. The molecule has 1 fully saturated rings. The zero-order chi connectivity index (χ0) is 20.3. The molecule has 0 amide bonds. The number of nitrogen functional groups attached to an aromatic ring is 1. The van der Waals surface area contributed by atoms with Gasteiger partial charge in [-0.2, -0.15) is 0 Å². The van der Waals surface area contributed by atoms with E-state index in [1.807, 2.05) is 42.5 Å². The van der Waals surface area contributed by atoms with Crippen molar-refractivity contribution in [1.82, 2.24) is 0 Å². The second kappa shape index (κ2) is 9.09. The topological polar surface area (TPSA) is 116 Å². The quantitative estimate of drug-likeness (QED) is 0.368. The smallest absolute Gasteiger partial charge is 0.113 e. The lowest BCUT2D eigenvalue weighted by Crippen LogP contribution is -2.55. The number of hydrogen-bond donors (Lipinski definition) is 5. The molecule has 6 nitrogen and oxygen atoms in total. The van der Waals surface area contributed by atoms with Crippen molar-refractivity contribution in [3.8, 4) is 0 Å². The fourth-order valence-corrected chi connectivity index (χ4v) is 4.13. The molecule has 6 N–H and O–H groups in total. The SMILES string of the molecule is C=C(Cc1cccc(C2OC(CO)C(O)C(O)[C@H]2O)c1)Sc1ccccc1N. The molecule has 7 heteroatoms. The predicted octanol–water partition coefficient (Wildman–Crippen LogP) is 1.63. The maximum absolute atomic E-state index is 10.3. The van der Waals surface area contributed by atoms with E-state index in [1.165, 1.54) is 11.8 Å². The van der Waals surface area contributed by atoms with Gasteiger partial charge < -0.3 is 30.9 Å². The third-order valence-corrected chi connectivity index (χ3v) is 5.77. The molecule has 0 aliphatic carbocycles. The number of benzene rings is 2. The Morgan fingerprint density at radius 2 is 1.79 bits per heavy atom. The van der Waals surface area contributed by atoms with Crippen LogP contribution in [0.15, 0.2) is 64.9 Å². The van der Waals surface area contributed by atoms with Crippen LogP contribution < -0.4 is 5.73 Å². The average Bonchev–Trinajstić information content (AvgIpc) is 2.68. The third-order valence-electron chi connectivity index (χ3n) is 4.75. The molecule has 4 unspecified atom stereocenters. The Labute approximate surface area is 168 Å². The van der Waals surface area contributed by atoms with Gasteiger partial charge >= 0.3 is 0 Å². The van der Waals surface area contributed by atoms with E-state index in [-0.39, 0.29) is 0 Å². The Morgan fingerprint density at radius 1 is 1.04 bits per heavy atom. The van der Waals surface area contributed by atoms with Crippen molar-refractivity contribution in [1.29, 1.82) is 0 Å². The Bertz CT molecular complexity index is 828. The number of aliphatic hydroxyl groups is 4. The summed E-state index contributed by atoms with van der Waals surface area (Å²) in [7, 11) is 0. The van der Waals surface area contributed by atoms with E-state index >= 15 is 0 Å². The lowest BCUT2D eigenvalue weighted by molar-refractivity contribution is -0.231. The molecule has 2 aromatic carbocycles. The van der Waals surface area contributed by atoms with Crippen LogP contribution >= 0.6 is 11.8 Å². The second-order valence-corrected chi connectivity index (χ2v) is 8.07. The van der Waals surface area contributed by atoms with Gasteiger partial charge in [0.2, 0.25) is 0 Å². The van der Waals surface area contributed by atoms with Crippen LogP contribution in [0.2, 0.25) is 0 Å². The number of ether oxygens (including phenoxy) is 1. The molecule has 0 spiro atoms. The summed E-state index contributed by atoms with van der Waals surface area (Å²) in [5, 5.41) is 39.6. The fourth-order valence-electron chi connectivity index (χ4n) is 3.25. The van der Waals surface area contributed by atoms with Crippen molar-refractivity contribution in [2.75, 3.05) is 12.3 Å². The van der Waals surface area contributed by atoms with E-state index < -0.39 is 37.1 Å². The van der Waals surface area contributed by atoms with E-state index in [4.69, 9.17) is 10.5 Å². The summed E-state index contributed by atoms with van der Waals surface area (Å²) in [5.41, 5.74) is 8.30. The molecule has 3 rings (SSSR count). The van der Waals surface area contributed by atoms with Gasteiger partial charge in [0.15, 0.2) is 0 Å². The molecular formula is C21H25NO5S. The van der Waals surface area contributed by atoms with Crippen LogP contribution in [0.5, 0.6) is 0 Å². The maximum Gasteiger partial charge on any atom is 0.113 e. The van der Waals surface area contributed by atoms with E-state index in [1.54, 1.807) is 6.07 Å². The molecule has 1 aliphatic heterocycles. The first-order valence-corrected chi connectivity index (χ1v) is 9.82. The first-order valence-electron chi connectivity index (χ1n) is 9.00. The standard InChI is InChI=1S/C21H25NO5S/c1-12(28-17-8-3-2-7-15(17)22)9-13-5-4-6-14(10-13)21-20(26)19(25)18(24)16(11-23)27-21/h2-8,10,16,18-21,23-26H,1,9,11,22H2/t16?,18?,19?,20-,21?/m1/s1. The lowest BCUT2D eigenvalue weighted by Gasteiger charge is -2.40. The van der Waals surface area contributed by atoms with Gasteiger partial charge in [-0.1, -0.05) is 54.7 Å². The van der Waals surface area contributed by atoms with Crippen molar-refractivity contribution < 1.29 is 25.2 Å². The minimum atomic E-state index is -1.40. The minimum absolute atomic E-state index is 0.451. The highest BCUT2D eigenvalue weighted by atomic mass is 32.2. The summed E-state index contributed by atoms with van der Waals surface area (Å²) < 4.78 is 5.63. The average molecular weight is 404 g/mol. The van der Waals surface area contributed by atoms with Gasteiger partial charge in [0.1, 0.15) is 30.5 Å². The third kappa shape index (κ3) is 4.57. The minimum Gasteiger partial charge on any atom is -0.398 e. The Kier molecular flexibility index (Phi) is 6.77. The molecule has 1 aliphatic rings. The van der Waals surface area contributed by atoms with Gasteiger partial charge in [0, 0.05) is 17.0 Å². The van der Waals surface area contributed by atoms with Crippen LogP contribution in [0.1, 0.15) is 17.2 Å². The number of hydrogen-bond acceptors (Lipinski definition) is 7. The van der Waals surface area contributed by atoms with Crippen molar-refractivity contribution >= 4 is 17.4 Å². The zero-order valence-electron chi connectivity index (χ0n) is 15.3.